The maximum absolute atomic E-state index is 13.8. The third-order valence-electron chi connectivity index (χ3n) is 4.13. The zero-order valence-corrected chi connectivity index (χ0v) is 16.1. The Kier molecular flexibility index (Phi) is 5.53. The second-order valence-electron chi connectivity index (χ2n) is 6.07. The highest BCUT2D eigenvalue weighted by molar-refractivity contribution is 7.97. The molecule has 0 unspecified atom stereocenters. The van der Waals surface area contributed by atoms with Gasteiger partial charge in [-0.1, -0.05) is 23.4 Å². The zero-order valence-electron chi connectivity index (χ0n) is 15.3. The third-order valence-corrected chi connectivity index (χ3v) is 5.09. The van der Waals surface area contributed by atoms with Gasteiger partial charge in [-0.2, -0.15) is 4.98 Å². The lowest BCUT2D eigenvalue weighted by atomic mass is 10.1. The lowest BCUT2D eigenvalue weighted by molar-refractivity contribution is 0.341. The van der Waals surface area contributed by atoms with Crippen molar-refractivity contribution in [2.24, 2.45) is 0 Å². The van der Waals surface area contributed by atoms with Crippen LogP contribution in [-0.2, 0) is 11.5 Å². The molecule has 0 bridgehead atoms. The van der Waals surface area contributed by atoms with Gasteiger partial charge < -0.3 is 9.26 Å². The van der Waals surface area contributed by atoms with E-state index in [1.807, 2.05) is 37.3 Å². The van der Waals surface area contributed by atoms with Gasteiger partial charge in [0, 0.05) is 17.3 Å². The smallest absolute Gasteiger partial charge is 0.236 e. The quantitative estimate of drug-likeness (QED) is 0.426. The Labute approximate surface area is 165 Å². The summed E-state index contributed by atoms with van der Waals surface area (Å²) in [6.07, 6.45) is 1.72. The average molecular weight is 395 g/mol. The molecule has 2 aromatic heterocycles. The molecule has 0 radical (unpaired) electrons. The number of ether oxygens (including phenoxy) is 1. The van der Waals surface area contributed by atoms with E-state index in [1.54, 1.807) is 24.0 Å². The Hall–Kier alpha value is -2.93. The van der Waals surface area contributed by atoms with Crippen molar-refractivity contribution in [1.29, 1.82) is 0 Å². The summed E-state index contributed by atoms with van der Waals surface area (Å²) in [5.41, 5.74) is 2.46. The van der Waals surface area contributed by atoms with Crippen LogP contribution >= 0.6 is 11.8 Å². The summed E-state index contributed by atoms with van der Waals surface area (Å²) in [6.45, 7) is 2.49. The Morgan fingerprint density at radius 3 is 2.89 bits per heavy atom. The summed E-state index contributed by atoms with van der Waals surface area (Å²) in [6, 6.07) is 14.3. The molecule has 0 saturated heterocycles. The topological polar surface area (TPSA) is 61.0 Å². The monoisotopic (exact) mass is 395 g/mol. The second-order valence-corrected chi connectivity index (χ2v) is 7.06. The predicted molar refractivity (Wildman–Crippen MR) is 108 cm³/mol. The molecule has 4 rings (SSSR count). The average Bonchev–Trinajstić information content (AvgIpc) is 3.17. The maximum atomic E-state index is 13.8. The van der Waals surface area contributed by atoms with E-state index in [1.165, 1.54) is 12.1 Å². The van der Waals surface area contributed by atoms with Crippen LogP contribution in [0.1, 0.15) is 18.4 Å². The Morgan fingerprint density at radius 2 is 2.00 bits per heavy atom. The molecule has 2 heterocycles. The Morgan fingerprint density at radius 1 is 1.11 bits per heavy atom. The summed E-state index contributed by atoms with van der Waals surface area (Å²) in [5, 5.41) is 4.86. The van der Waals surface area contributed by atoms with Gasteiger partial charge in [0.05, 0.1) is 23.4 Å². The lowest BCUT2D eigenvalue weighted by Crippen LogP contribution is -1.94. The number of benzene rings is 2. The van der Waals surface area contributed by atoms with Crippen molar-refractivity contribution < 1.29 is 13.7 Å². The minimum Gasteiger partial charge on any atom is -0.493 e. The van der Waals surface area contributed by atoms with E-state index < -0.39 is 0 Å². The number of rotatable bonds is 7. The molecule has 0 aliphatic rings. The first kappa shape index (κ1) is 18.4. The van der Waals surface area contributed by atoms with E-state index in [0.29, 0.717) is 29.8 Å². The number of halogens is 1. The van der Waals surface area contributed by atoms with E-state index in [9.17, 15) is 4.39 Å². The Balaban J connectivity index is 1.46. The number of nitrogens with zero attached hydrogens (tertiary/aromatic N) is 3. The molecule has 0 amide bonds. The van der Waals surface area contributed by atoms with Crippen molar-refractivity contribution in [2.75, 3.05) is 6.61 Å². The van der Waals surface area contributed by atoms with Crippen LogP contribution in [0.15, 0.2) is 59.3 Å². The van der Waals surface area contributed by atoms with Gasteiger partial charge in [-0.25, -0.2) is 4.39 Å². The molecule has 4 aromatic rings. The molecule has 7 heteroatoms. The highest BCUT2D eigenvalue weighted by Crippen LogP contribution is 2.29. The molecule has 28 heavy (non-hydrogen) atoms. The molecule has 142 valence electrons. The molecule has 0 aliphatic heterocycles. The van der Waals surface area contributed by atoms with Crippen LogP contribution in [0.2, 0.25) is 0 Å². The van der Waals surface area contributed by atoms with Gasteiger partial charge in [0.1, 0.15) is 11.6 Å². The first-order chi connectivity index (χ1) is 13.7. The second kappa shape index (κ2) is 8.39. The summed E-state index contributed by atoms with van der Waals surface area (Å²) < 4.78 is 24.8. The van der Waals surface area contributed by atoms with Crippen molar-refractivity contribution >= 4 is 22.7 Å². The lowest BCUT2D eigenvalue weighted by Gasteiger charge is -2.06. The molecule has 0 aliphatic carbocycles. The van der Waals surface area contributed by atoms with Crippen LogP contribution in [0, 0.1) is 5.82 Å². The van der Waals surface area contributed by atoms with Crippen molar-refractivity contribution in [3.05, 3.63) is 72.0 Å². The third kappa shape index (κ3) is 3.99. The van der Waals surface area contributed by atoms with Gasteiger partial charge in [0.15, 0.2) is 0 Å². The maximum Gasteiger partial charge on any atom is 0.236 e. The molecule has 5 nitrogen and oxygen atoms in total. The van der Waals surface area contributed by atoms with Gasteiger partial charge in [-0.3, -0.25) is 4.98 Å². The van der Waals surface area contributed by atoms with Crippen LogP contribution in [0.25, 0.3) is 22.3 Å². The standard InChI is InChI=1S/C21H18FN3O2S/c1-2-26-18-8-4-3-7-17(18)21-24-19(27-25-21)13-28-12-15-11-16(22)10-14-6-5-9-23-20(14)15/h3-11H,2,12-13H2,1H3. The fraction of sp³-hybridized carbons (Fsp3) is 0.190. The molecule has 0 atom stereocenters. The number of hydrogen-bond donors (Lipinski definition) is 0. The molecule has 0 saturated carbocycles. The van der Waals surface area contributed by atoms with Gasteiger partial charge in [0.2, 0.25) is 11.7 Å². The highest BCUT2D eigenvalue weighted by atomic mass is 32.2. The van der Waals surface area contributed by atoms with E-state index in [4.69, 9.17) is 9.26 Å². The number of aromatic nitrogens is 3. The predicted octanol–water partition coefficient (Wildman–Crippen LogP) is 5.26. The fourth-order valence-electron chi connectivity index (χ4n) is 2.94. The summed E-state index contributed by atoms with van der Waals surface area (Å²) in [7, 11) is 0. The first-order valence-corrected chi connectivity index (χ1v) is 10.1. The minimum absolute atomic E-state index is 0.260. The molecule has 0 fully saturated rings. The van der Waals surface area contributed by atoms with Crippen LogP contribution in [0.5, 0.6) is 5.75 Å². The van der Waals surface area contributed by atoms with Gasteiger partial charge in [0.25, 0.3) is 0 Å². The van der Waals surface area contributed by atoms with Gasteiger partial charge >= 0.3 is 0 Å². The van der Waals surface area contributed by atoms with Crippen molar-refractivity contribution in [2.45, 2.75) is 18.4 Å². The molecule has 2 aromatic carbocycles. The number of fused-ring (bicyclic) bond motifs is 1. The van der Waals surface area contributed by atoms with Crippen molar-refractivity contribution in [3.63, 3.8) is 0 Å². The van der Waals surface area contributed by atoms with Crippen LogP contribution in [-0.4, -0.2) is 21.7 Å². The van der Waals surface area contributed by atoms with Crippen LogP contribution < -0.4 is 4.74 Å². The highest BCUT2D eigenvalue weighted by Gasteiger charge is 2.13. The minimum atomic E-state index is -0.260. The summed E-state index contributed by atoms with van der Waals surface area (Å²) >= 11 is 1.57. The largest absolute Gasteiger partial charge is 0.493 e. The number of para-hydroxylation sites is 1. The van der Waals surface area contributed by atoms with Gasteiger partial charge in [-0.15, -0.1) is 11.8 Å². The molecule has 0 spiro atoms. The SMILES string of the molecule is CCOc1ccccc1-c1noc(CSCc2cc(F)cc3cccnc23)n1. The summed E-state index contributed by atoms with van der Waals surface area (Å²) in [5.74, 6) is 2.59. The normalized spacial score (nSPS) is 11.1. The number of thioether (sulfide) groups is 1. The molecular formula is C21H18FN3O2S. The molecular weight excluding hydrogens is 377 g/mol. The van der Waals surface area contributed by atoms with Crippen molar-refractivity contribution in [1.82, 2.24) is 15.1 Å². The van der Waals surface area contributed by atoms with Crippen LogP contribution in [0.4, 0.5) is 4.39 Å². The first-order valence-electron chi connectivity index (χ1n) is 8.90. The van der Waals surface area contributed by atoms with Crippen molar-refractivity contribution in [3.8, 4) is 17.1 Å². The van der Waals surface area contributed by atoms with E-state index in [-0.39, 0.29) is 5.82 Å². The Bertz CT molecular complexity index is 1100. The van der Waals surface area contributed by atoms with Crippen LogP contribution in [0.3, 0.4) is 0 Å². The molecule has 0 N–H and O–H groups in total. The summed E-state index contributed by atoms with van der Waals surface area (Å²) in [4.78, 5) is 8.84. The zero-order chi connectivity index (χ0) is 19.3. The van der Waals surface area contributed by atoms with E-state index in [0.717, 1.165) is 27.8 Å². The van der Waals surface area contributed by atoms with E-state index in [2.05, 4.69) is 15.1 Å². The number of hydrogen-bond acceptors (Lipinski definition) is 6. The fourth-order valence-corrected chi connectivity index (χ4v) is 3.78. The van der Waals surface area contributed by atoms with E-state index >= 15 is 0 Å². The number of pyridine rings is 1. The van der Waals surface area contributed by atoms with Gasteiger partial charge in [-0.05, 0) is 42.8 Å².